The van der Waals surface area contributed by atoms with Gasteiger partial charge in [-0.1, -0.05) is 0 Å². The normalized spacial score (nSPS) is 10.2. The fourth-order valence-electron chi connectivity index (χ4n) is 0.917. The molecule has 2 heterocycles. The van der Waals surface area contributed by atoms with E-state index >= 15 is 0 Å². The van der Waals surface area contributed by atoms with Crippen LogP contribution in [0, 0.1) is 0 Å². The van der Waals surface area contributed by atoms with E-state index in [4.69, 9.17) is 5.11 Å². The molecule has 0 unspecified atom stereocenters. The number of carbonyl (C=O) groups is 1. The number of hydrogen-bond donors (Lipinski definition) is 1. The highest BCUT2D eigenvalue weighted by Crippen LogP contribution is 2.20. The van der Waals surface area contributed by atoms with Crippen molar-refractivity contribution in [1.29, 1.82) is 0 Å². The Morgan fingerprint density at radius 3 is 2.88 bits per heavy atom. The smallest absolute Gasteiger partial charge is 0.325 e. The first-order valence-electron chi connectivity index (χ1n) is 4.18. The fourth-order valence-corrected chi connectivity index (χ4v) is 1.59. The lowest BCUT2D eigenvalue weighted by molar-refractivity contribution is -0.138. The van der Waals surface area contributed by atoms with Crippen LogP contribution in [-0.2, 0) is 11.3 Å². The van der Waals surface area contributed by atoms with Gasteiger partial charge >= 0.3 is 5.97 Å². The third-order valence-corrected chi connectivity index (χ3v) is 2.38. The van der Waals surface area contributed by atoms with Gasteiger partial charge in [0, 0.05) is 12.4 Å². The van der Waals surface area contributed by atoms with E-state index in [1.807, 2.05) is 0 Å². The lowest BCUT2D eigenvalue weighted by Crippen LogP contribution is -2.11. The van der Waals surface area contributed by atoms with Crippen molar-refractivity contribution in [2.24, 2.45) is 0 Å². The van der Waals surface area contributed by atoms with Gasteiger partial charge in [-0.15, -0.1) is 5.10 Å². The summed E-state index contributed by atoms with van der Waals surface area (Å²) in [6.07, 6.45) is 3.17. The Labute approximate surface area is 93.7 Å². The molecule has 0 aliphatic carbocycles. The summed E-state index contributed by atoms with van der Waals surface area (Å²) in [5.41, 5.74) is 0. The highest BCUT2D eigenvalue weighted by molar-refractivity contribution is 7.99. The minimum Gasteiger partial charge on any atom is -0.480 e. The van der Waals surface area contributed by atoms with Gasteiger partial charge in [0.2, 0.25) is 5.16 Å². The SMILES string of the molecule is O=C(O)Cn1nnnc1Sc1ncccn1. The number of aromatic nitrogens is 6. The molecular weight excluding hydrogens is 232 g/mol. The number of tetrazole rings is 1. The fraction of sp³-hybridized carbons (Fsp3) is 0.143. The van der Waals surface area contributed by atoms with E-state index in [1.165, 1.54) is 4.68 Å². The first kappa shape index (κ1) is 10.5. The van der Waals surface area contributed by atoms with Crippen LogP contribution in [0.4, 0.5) is 0 Å². The van der Waals surface area contributed by atoms with E-state index in [0.29, 0.717) is 10.3 Å². The van der Waals surface area contributed by atoms with E-state index < -0.39 is 5.97 Å². The van der Waals surface area contributed by atoms with Crippen molar-refractivity contribution >= 4 is 17.7 Å². The highest BCUT2D eigenvalue weighted by Gasteiger charge is 2.11. The van der Waals surface area contributed by atoms with Crippen molar-refractivity contribution < 1.29 is 9.90 Å². The molecule has 0 radical (unpaired) electrons. The second kappa shape index (κ2) is 4.66. The van der Waals surface area contributed by atoms with Crippen LogP contribution in [0.15, 0.2) is 28.8 Å². The number of aliphatic carboxylic acids is 1. The zero-order chi connectivity index (χ0) is 11.4. The topological polar surface area (TPSA) is 107 Å². The minimum absolute atomic E-state index is 0.290. The van der Waals surface area contributed by atoms with E-state index in [-0.39, 0.29) is 6.54 Å². The molecule has 0 spiro atoms. The molecule has 0 amide bonds. The van der Waals surface area contributed by atoms with Crippen LogP contribution in [-0.4, -0.2) is 41.3 Å². The van der Waals surface area contributed by atoms with Crippen molar-refractivity contribution in [3.05, 3.63) is 18.5 Å². The van der Waals surface area contributed by atoms with Crippen LogP contribution < -0.4 is 0 Å². The lowest BCUT2D eigenvalue weighted by atomic mass is 10.7. The van der Waals surface area contributed by atoms with E-state index in [9.17, 15) is 4.79 Å². The van der Waals surface area contributed by atoms with Gasteiger partial charge in [-0.25, -0.2) is 14.6 Å². The molecule has 0 aliphatic rings. The molecule has 82 valence electrons. The predicted octanol–water partition coefficient (Wildman–Crippen LogP) is -0.301. The Balaban J connectivity index is 2.16. The molecule has 9 heteroatoms. The van der Waals surface area contributed by atoms with E-state index in [0.717, 1.165) is 11.8 Å². The summed E-state index contributed by atoms with van der Waals surface area (Å²) in [6, 6.07) is 1.68. The quantitative estimate of drug-likeness (QED) is 0.723. The summed E-state index contributed by atoms with van der Waals surface area (Å²) in [4.78, 5) is 18.5. The average Bonchev–Trinajstić information content (AvgIpc) is 2.66. The van der Waals surface area contributed by atoms with Crippen LogP contribution in [0.3, 0.4) is 0 Å². The minimum atomic E-state index is -1.01. The first-order valence-corrected chi connectivity index (χ1v) is 5.00. The van der Waals surface area contributed by atoms with Crippen LogP contribution in [0.5, 0.6) is 0 Å². The third kappa shape index (κ3) is 2.51. The number of carboxylic acid groups (broad SMARTS) is 1. The first-order chi connectivity index (χ1) is 7.75. The zero-order valence-corrected chi connectivity index (χ0v) is 8.70. The molecular formula is C7H6N6O2S. The van der Waals surface area contributed by atoms with Crippen LogP contribution in [0.1, 0.15) is 0 Å². The Morgan fingerprint density at radius 2 is 2.19 bits per heavy atom. The number of nitrogens with zero attached hydrogens (tertiary/aromatic N) is 6. The van der Waals surface area contributed by atoms with Gasteiger partial charge in [-0.05, 0) is 28.3 Å². The molecule has 0 fully saturated rings. The number of rotatable bonds is 4. The Kier molecular flexibility index (Phi) is 3.05. The Morgan fingerprint density at radius 1 is 1.44 bits per heavy atom. The maximum Gasteiger partial charge on any atom is 0.325 e. The zero-order valence-electron chi connectivity index (χ0n) is 7.89. The van der Waals surface area contributed by atoms with Crippen LogP contribution in [0.2, 0.25) is 0 Å². The van der Waals surface area contributed by atoms with Crippen molar-refractivity contribution in [2.75, 3.05) is 0 Å². The molecule has 2 aromatic rings. The molecule has 2 aromatic heterocycles. The van der Waals surface area contributed by atoms with Crippen molar-refractivity contribution in [3.63, 3.8) is 0 Å². The van der Waals surface area contributed by atoms with Crippen LogP contribution >= 0.6 is 11.8 Å². The maximum atomic E-state index is 10.5. The van der Waals surface area contributed by atoms with Gasteiger partial charge in [0.15, 0.2) is 5.16 Å². The van der Waals surface area contributed by atoms with Gasteiger partial charge < -0.3 is 5.11 Å². The summed E-state index contributed by atoms with van der Waals surface area (Å²) in [5, 5.41) is 20.1. The molecule has 1 N–H and O–H groups in total. The van der Waals surface area contributed by atoms with Crippen molar-refractivity contribution in [3.8, 4) is 0 Å². The van der Waals surface area contributed by atoms with E-state index in [2.05, 4.69) is 25.5 Å². The van der Waals surface area contributed by atoms with Gasteiger partial charge in [0.25, 0.3) is 0 Å². The Bertz CT molecular complexity index is 487. The molecule has 0 saturated carbocycles. The summed E-state index contributed by atoms with van der Waals surface area (Å²) in [6.45, 7) is -0.290. The molecule has 2 rings (SSSR count). The Hall–Kier alpha value is -2.03. The summed E-state index contributed by atoms with van der Waals surface area (Å²) >= 11 is 1.10. The molecule has 0 bridgehead atoms. The van der Waals surface area contributed by atoms with Crippen molar-refractivity contribution in [1.82, 2.24) is 30.2 Å². The molecule has 0 atom stereocenters. The highest BCUT2D eigenvalue weighted by atomic mass is 32.2. The van der Waals surface area contributed by atoms with Crippen LogP contribution in [0.25, 0.3) is 0 Å². The maximum absolute atomic E-state index is 10.5. The molecule has 16 heavy (non-hydrogen) atoms. The van der Waals surface area contributed by atoms with Gasteiger partial charge in [0.1, 0.15) is 6.54 Å². The van der Waals surface area contributed by atoms with Gasteiger partial charge in [-0.3, -0.25) is 4.79 Å². The lowest BCUT2D eigenvalue weighted by Gasteiger charge is -1.99. The second-order valence-electron chi connectivity index (χ2n) is 2.65. The van der Waals surface area contributed by atoms with Gasteiger partial charge in [0.05, 0.1) is 0 Å². The van der Waals surface area contributed by atoms with Gasteiger partial charge in [-0.2, -0.15) is 0 Å². The molecule has 8 nitrogen and oxygen atoms in total. The molecule has 0 saturated heterocycles. The summed E-state index contributed by atoms with van der Waals surface area (Å²) < 4.78 is 1.17. The standard InChI is InChI=1S/C7H6N6O2S/c14-5(15)4-13-7(10-11-12-13)16-6-8-2-1-3-9-6/h1-3H,4H2,(H,14,15). The van der Waals surface area contributed by atoms with E-state index in [1.54, 1.807) is 18.5 Å². The second-order valence-corrected chi connectivity index (χ2v) is 3.58. The molecule has 0 aromatic carbocycles. The number of hydrogen-bond acceptors (Lipinski definition) is 7. The third-order valence-electron chi connectivity index (χ3n) is 1.51. The monoisotopic (exact) mass is 238 g/mol. The largest absolute Gasteiger partial charge is 0.480 e. The predicted molar refractivity (Wildman–Crippen MR) is 51.6 cm³/mol. The average molecular weight is 238 g/mol. The number of carboxylic acids is 1. The molecule has 0 aliphatic heterocycles. The summed E-state index contributed by atoms with van der Waals surface area (Å²) in [5.74, 6) is -1.01. The summed E-state index contributed by atoms with van der Waals surface area (Å²) in [7, 11) is 0. The van der Waals surface area contributed by atoms with Crippen molar-refractivity contribution in [2.45, 2.75) is 16.9 Å².